The molecular formula is C10H15BrN4. The molecule has 0 spiro atoms. The minimum Gasteiger partial charge on any atom is -0.354 e. The molecular weight excluding hydrogens is 256 g/mol. The van der Waals surface area contributed by atoms with E-state index in [1.54, 1.807) is 12.4 Å². The topological polar surface area (TPSA) is 49.8 Å². The van der Waals surface area contributed by atoms with Crippen molar-refractivity contribution in [3.63, 3.8) is 0 Å². The molecule has 1 atom stereocenters. The first-order chi connectivity index (χ1) is 7.34. The Morgan fingerprint density at radius 1 is 1.47 bits per heavy atom. The molecule has 0 radical (unpaired) electrons. The monoisotopic (exact) mass is 270 g/mol. The summed E-state index contributed by atoms with van der Waals surface area (Å²) in [6.07, 6.45) is 7.24. The predicted molar refractivity (Wildman–Crippen MR) is 63.9 cm³/mol. The van der Waals surface area contributed by atoms with Crippen molar-refractivity contribution < 1.29 is 0 Å². The molecule has 1 aliphatic heterocycles. The maximum atomic E-state index is 4.15. The van der Waals surface area contributed by atoms with Crippen molar-refractivity contribution >= 4 is 21.9 Å². The summed E-state index contributed by atoms with van der Waals surface area (Å²) in [5.41, 5.74) is 0. The highest BCUT2D eigenvalue weighted by Crippen LogP contribution is 2.09. The predicted octanol–water partition coefficient (Wildman–Crippen LogP) is 1.79. The van der Waals surface area contributed by atoms with Crippen molar-refractivity contribution in [1.29, 1.82) is 0 Å². The Hall–Kier alpha value is -0.680. The zero-order chi connectivity index (χ0) is 10.5. The largest absolute Gasteiger partial charge is 0.354 e. The van der Waals surface area contributed by atoms with Gasteiger partial charge in [-0.05, 0) is 41.7 Å². The third-order valence-electron chi connectivity index (χ3n) is 2.56. The van der Waals surface area contributed by atoms with Gasteiger partial charge in [-0.15, -0.1) is 0 Å². The van der Waals surface area contributed by atoms with Gasteiger partial charge in [-0.2, -0.15) is 0 Å². The minimum absolute atomic E-state index is 0.674. The van der Waals surface area contributed by atoms with E-state index in [0.29, 0.717) is 12.0 Å². The van der Waals surface area contributed by atoms with E-state index in [1.165, 1.54) is 19.4 Å². The van der Waals surface area contributed by atoms with Crippen molar-refractivity contribution in [2.45, 2.75) is 25.3 Å². The van der Waals surface area contributed by atoms with Crippen LogP contribution in [0.1, 0.15) is 19.3 Å². The highest BCUT2D eigenvalue weighted by molar-refractivity contribution is 9.10. The molecule has 2 heterocycles. The Kier molecular flexibility index (Phi) is 3.91. The van der Waals surface area contributed by atoms with Crippen LogP contribution in [-0.4, -0.2) is 29.1 Å². The van der Waals surface area contributed by atoms with Crippen LogP contribution in [0, 0.1) is 0 Å². The lowest BCUT2D eigenvalue weighted by Crippen LogP contribution is -2.24. The second-order valence-corrected chi connectivity index (χ2v) is 4.65. The Morgan fingerprint density at radius 2 is 2.27 bits per heavy atom. The van der Waals surface area contributed by atoms with Crippen molar-refractivity contribution in [3.8, 4) is 0 Å². The fourth-order valence-electron chi connectivity index (χ4n) is 1.76. The summed E-state index contributed by atoms with van der Waals surface area (Å²) in [6, 6.07) is 0.674. The number of rotatable bonds is 4. The van der Waals surface area contributed by atoms with Gasteiger partial charge < -0.3 is 10.6 Å². The third-order valence-corrected chi connectivity index (χ3v) is 2.97. The van der Waals surface area contributed by atoms with Gasteiger partial charge in [-0.3, -0.25) is 0 Å². The Balaban J connectivity index is 1.71. The quantitative estimate of drug-likeness (QED) is 0.876. The van der Waals surface area contributed by atoms with Crippen molar-refractivity contribution in [3.05, 3.63) is 16.9 Å². The molecule has 2 rings (SSSR count). The first-order valence-electron chi connectivity index (χ1n) is 5.29. The Morgan fingerprint density at radius 3 is 2.93 bits per heavy atom. The Bertz CT molecular complexity index is 295. The number of anilines is 1. The van der Waals surface area contributed by atoms with Crippen LogP contribution in [0.15, 0.2) is 16.9 Å². The summed E-state index contributed by atoms with van der Waals surface area (Å²) in [5.74, 6) is 0.705. The summed E-state index contributed by atoms with van der Waals surface area (Å²) in [5, 5.41) is 6.68. The lowest BCUT2D eigenvalue weighted by Gasteiger charge is -2.10. The van der Waals surface area contributed by atoms with Crippen LogP contribution in [0.5, 0.6) is 0 Å². The standard InChI is InChI=1S/C10H15BrN4/c11-8-6-14-10(15-7-8)13-5-3-9-2-1-4-12-9/h6-7,9,12H,1-5H2,(H,13,14,15)/t9-/m1/s1. The van der Waals surface area contributed by atoms with Gasteiger partial charge >= 0.3 is 0 Å². The van der Waals surface area contributed by atoms with E-state index < -0.39 is 0 Å². The summed E-state index contributed by atoms with van der Waals surface area (Å²) >= 11 is 3.30. The number of nitrogens with one attached hydrogen (secondary N) is 2. The maximum absolute atomic E-state index is 4.15. The van der Waals surface area contributed by atoms with Crippen LogP contribution in [0.2, 0.25) is 0 Å². The molecule has 5 heteroatoms. The van der Waals surface area contributed by atoms with Crippen LogP contribution >= 0.6 is 15.9 Å². The van der Waals surface area contributed by atoms with E-state index in [2.05, 4.69) is 36.5 Å². The lowest BCUT2D eigenvalue weighted by atomic mass is 10.1. The second kappa shape index (κ2) is 5.42. The lowest BCUT2D eigenvalue weighted by molar-refractivity contribution is 0.573. The normalized spacial score (nSPS) is 20.5. The van der Waals surface area contributed by atoms with Crippen molar-refractivity contribution in [2.24, 2.45) is 0 Å². The Labute approximate surface area is 98.0 Å². The third kappa shape index (κ3) is 3.43. The number of hydrogen-bond acceptors (Lipinski definition) is 4. The maximum Gasteiger partial charge on any atom is 0.222 e. The molecule has 0 saturated carbocycles. The van der Waals surface area contributed by atoms with Crippen LogP contribution in [0.4, 0.5) is 5.95 Å². The zero-order valence-electron chi connectivity index (χ0n) is 8.54. The molecule has 1 saturated heterocycles. The second-order valence-electron chi connectivity index (χ2n) is 3.73. The fourth-order valence-corrected chi connectivity index (χ4v) is 1.97. The van der Waals surface area contributed by atoms with Gasteiger partial charge in [-0.25, -0.2) is 9.97 Å². The van der Waals surface area contributed by atoms with Crippen LogP contribution < -0.4 is 10.6 Å². The SMILES string of the molecule is Brc1cnc(NCC[C@H]2CCCN2)nc1. The van der Waals surface area contributed by atoms with E-state index in [-0.39, 0.29) is 0 Å². The van der Waals surface area contributed by atoms with Gasteiger partial charge in [0.15, 0.2) is 0 Å². The molecule has 1 aromatic heterocycles. The van der Waals surface area contributed by atoms with Crippen LogP contribution in [0.3, 0.4) is 0 Å². The molecule has 1 aromatic rings. The molecule has 0 amide bonds. The first kappa shape index (κ1) is 10.8. The average molecular weight is 271 g/mol. The number of hydrogen-bond donors (Lipinski definition) is 2. The number of nitrogens with zero attached hydrogens (tertiary/aromatic N) is 2. The molecule has 0 unspecified atom stereocenters. The van der Waals surface area contributed by atoms with Gasteiger partial charge in [0.25, 0.3) is 0 Å². The highest BCUT2D eigenvalue weighted by atomic mass is 79.9. The van der Waals surface area contributed by atoms with Crippen LogP contribution in [-0.2, 0) is 0 Å². The molecule has 82 valence electrons. The van der Waals surface area contributed by atoms with Gasteiger partial charge in [-0.1, -0.05) is 0 Å². The fraction of sp³-hybridized carbons (Fsp3) is 0.600. The average Bonchev–Trinajstić information content (AvgIpc) is 2.74. The molecule has 0 aromatic carbocycles. The van der Waals surface area contributed by atoms with Gasteiger partial charge in [0.05, 0.1) is 4.47 Å². The minimum atomic E-state index is 0.674. The smallest absolute Gasteiger partial charge is 0.222 e. The number of halogens is 1. The molecule has 0 bridgehead atoms. The number of aromatic nitrogens is 2. The summed E-state index contributed by atoms with van der Waals surface area (Å²) in [4.78, 5) is 8.31. The zero-order valence-corrected chi connectivity index (χ0v) is 10.1. The first-order valence-corrected chi connectivity index (χ1v) is 6.09. The van der Waals surface area contributed by atoms with E-state index in [4.69, 9.17) is 0 Å². The molecule has 4 nitrogen and oxygen atoms in total. The molecule has 15 heavy (non-hydrogen) atoms. The summed E-state index contributed by atoms with van der Waals surface area (Å²) < 4.78 is 0.908. The van der Waals surface area contributed by atoms with E-state index >= 15 is 0 Å². The molecule has 2 N–H and O–H groups in total. The summed E-state index contributed by atoms with van der Waals surface area (Å²) in [6.45, 7) is 2.10. The van der Waals surface area contributed by atoms with Crippen molar-refractivity contribution in [1.82, 2.24) is 15.3 Å². The van der Waals surface area contributed by atoms with Crippen molar-refractivity contribution in [2.75, 3.05) is 18.4 Å². The molecule has 0 aliphatic carbocycles. The van der Waals surface area contributed by atoms with E-state index in [1.807, 2.05) is 0 Å². The molecule has 1 aliphatic rings. The van der Waals surface area contributed by atoms with E-state index in [0.717, 1.165) is 17.4 Å². The van der Waals surface area contributed by atoms with Crippen LogP contribution in [0.25, 0.3) is 0 Å². The van der Waals surface area contributed by atoms with E-state index in [9.17, 15) is 0 Å². The highest BCUT2D eigenvalue weighted by Gasteiger charge is 2.12. The molecule has 1 fully saturated rings. The van der Waals surface area contributed by atoms with Gasteiger partial charge in [0.1, 0.15) is 0 Å². The van der Waals surface area contributed by atoms with Gasteiger partial charge in [0.2, 0.25) is 5.95 Å². The summed E-state index contributed by atoms with van der Waals surface area (Å²) in [7, 11) is 0. The van der Waals surface area contributed by atoms with Gasteiger partial charge in [0, 0.05) is 25.0 Å².